The minimum atomic E-state index is -3.06. The second-order valence-electron chi connectivity index (χ2n) is 6.64. The number of rotatable bonds is 5. The van der Waals surface area contributed by atoms with Crippen LogP contribution in [0.1, 0.15) is 32.1 Å². The molecule has 1 unspecified atom stereocenters. The van der Waals surface area contributed by atoms with Crippen molar-refractivity contribution in [2.75, 3.05) is 18.1 Å². The zero-order chi connectivity index (χ0) is 18.0. The van der Waals surface area contributed by atoms with E-state index in [-0.39, 0.29) is 41.9 Å². The van der Waals surface area contributed by atoms with Crippen molar-refractivity contribution < 1.29 is 17.9 Å². The van der Waals surface area contributed by atoms with Crippen molar-refractivity contribution in [2.45, 2.75) is 44.2 Å². The summed E-state index contributed by atoms with van der Waals surface area (Å²) in [6.07, 6.45) is 4.44. The summed E-state index contributed by atoms with van der Waals surface area (Å²) in [5.41, 5.74) is 0. The van der Waals surface area contributed by atoms with Gasteiger partial charge in [0.1, 0.15) is 0 Å². The highest BCUT2D eigenvalue weighted by molar-refractivity contribution is 7.91. The van der Waals surface area contributed by atoms with Crippen molar-refractivity contribution in [1.82, 2.24) is 4.90 Å². The summed E-state index contributed by atoms with van der Waals surface area (Å²) >= 11 is 12.1. The van der Waals surface area contributed by atoms with Crippen molar-refractivity contribution in [3.05, 3.63) is 28.2 Å². The first-order valence-corrected chi connectivity index (χ1v) is 11.0. The number of hydrogen-bond acceptors (Lipinski definition) is 4. The van der Waals surface area contributed by atoms with Crippen LogP contribution in [0.2, 0.25) is 10.0 Å². The van der Waals surface area contributed by atoms with Gasteiger partial charge in [0.15, 0.2) is 22.2 Å². The van der Waals surface area contributed by atoms with Crippen molar-refractivity contribution in [3.63, 3.8) is 0 Å². The molecule has 3 rings (SSSR count). The highest BCUT2D eigenvalue weighted by Gasteiger charge is 2.39. The molecule has 1 heterocycles. The minimum absolute atomic E-state index is 0.0437. The standard InChI is InChI=1S/C17H21Cl2NO4S/c18-14-6-3-7-15(19)17(14)24-10-16(21)20(12-4-1-2-5-12)13-8-9-25(22,23)11-13/h3,6-7,12-13H,1-2,4-5,8-11H2. The van der Waals surface area contributed by atoms with E-state index in [0.717, 1.165) is 25.7 Å². The van der Waals surface area contributed by atoms with Crippen molar-refractivity contribution in [1.29, 1.82) is 0 Å². The Bertz CT molecular complexity index is 727. The zero-order valence-electron chi connectivity index (χ0n) is 13.8. The number of hydrogen-bond donors (Lipinski definition) is 0. The van der Waals surface area contributed by atoms with Gasteiger partial charge < -0.3 is 9.64 Å². The maximum Gasteiger partial charge on any atom is 0.261 e. The molecule has 138 valence electrons. The van der Waals surface area contributed by atoms with Gasteiger partial charge in [-0.2, -0.15) is 0 Å². The molecular formula is C17H21Cl2NO4S. The fraction of sp³-hybridized carbons (Fsp3) is 0.588. The molecule has 0 aromatic heterocycles. The summed E-state index contributed by atoms with van der Waals surface area (Å²) < 4.78 is 29.3. The normalized spacial score (nSPS) is 22.9. The third-order valence-electron chi connectivity index (χ3n) is 4.87. The maximum absolute atomic E-state index is 12.8. The minimum Gasteiger partial charge on any atom is -0.481 e. The quantitative estimate of drug-likeness (QED) is 0.753. The monoisotopic (exact) mass is 405 g/mol. The number of ether oxygens (including phenoxy) is 1. The summed E-state index contributed by atoms with van der Waals surface area (Å²) in [6, 6.07) is 4.83. The van der Waals surface area contributed by atoms with Crippen LogP contribution in [0.5, 0.6) is 5.75 Å². The van der Waals surface area contributed by atoms with E-state index in [9.17, 15) is 13.2 Å². The Labute approximate surface area is 158 Å². The predicted octanol–water partition coefficient (Wildman–Crippen LogP) is 3.33. The number of para-hydroxylation sites is 1. The number of amides is 1. The van der Waals surface area contributed by atoms with Gasteiger partial charge in [0.25, 0.3) is 5.91 Å². The molecule has 0 radical (unpaired) electrons. The molecule has 0 bridgehead atoms. The van der Waals surface area contributed by atoms with Gasteiger partial charge in [0.05, 0.1) is 21.6 Å². The van der Waals surface area contributed by atoms with Crippen molar-refractivity contribution in [2.24, 2.45) is 0 Å². The van der Waals surface area contributed by atoms with Crippen LogP contribution in [-0.2, 0) is 14.6 Å². The lowest BCUT2D eigenvalue weighted by Gasteiger charge is -2.34. The number of nitrogens with zero attached hydrogens (tertiary/aromatic N) is 1. The third-order valence-corrected chi connectivity index (χ3v) is 7.21. The molecule has 1 aromatic rings. The summed E-state index contributed by atoms with van der Waals surface area (Å²) in [7, 11) is -3.06. The molecule has 2 fully saturated rings. The van der Waals surface area contributed by atoms with E-state index in [0.29, 0.717) is 16.5 Å². The Morgan fingerprint density at radius 3 is 2.32 bits per heavy atom. The predicted molar refractivity (Wildman–Crippen MR) is 98.1 cm³/mol. The van der Waals surface area contributed by atoms with E-state index in [1.54, 1.807) is 23.1 Å². The van der Waals surface area contributed by atoms with Crippen LogP contribution in [0, 0.1) is 0 Å². The van der Waals surface area contributed by atoms with Crippen LogP contribution in [-0.4, -0.2) is 49.4 Å². The Morgan fingerprint density at radius 1 is 1.12 bits per heavy atom. The highest BCUT2D eigenvalue weighted by atomic mass is 35.5. The molecule has 25 heavy (non-hydrogen) atoms. The topological polar surface area (TPSA) is 63.7 Å². The third kappa shape index (κ3) is 4.41. The van der Waals surface area contributed by atoms with E-state index < -0.39 is 9.84 Å². The van der Waals surface area contributed by atoms with Gasteiger partial charge in [-0.25, -0.2) is 8.42 Å². The molecule has 1 saturated carbocycles. The smallest absolute Gasteiger partial charge is 0.261 e. The van der Waals surface area contributed by atoms with Gasteiger partial charge in [-0.05, 0) is 31.4 Å². The second kappa shape index (κ2) is 7.72. The molecular weight excluding hydrogens is 385 g/mol. The van der Waals surface area contributed by atoms with Gasteiger partial charge in [-0.15, -0.1) is 0 Å². The first kappa shape index (κ1) is 18.8. The zero-order valence-corrected chi connectivity index (χ0v) is 16.1. The first-order chi connectivity index (χ1) is 11.9. The number of halogens is 2. The molecule has 0 spiro atoms. The molecule has 1 amide bonds. The molecule has 1 atom stereocenters. The van der Waals surface area contributed by atoms with Crippen LogP contribution in [0.15, 0.2) is 18.2 Å². The van der Waals surface area contributed by atoms with Crippen LogP contribution in [0.4, 0.5) is 0 Å². The molecule has 1 saturated heterocycles. The summed E-state index contributed by atoms with van der Waals surface area (Å²) in [5, 5.41) is 0.687. The van der Waals surface area contributed by atoms with Crippen LogP contribution in [0.25, 0.3) is 0 Å². The summed E-state index contributed by atoms with van der Waals surface area (Å²) in [4.78, 5) is 14.6. The lowest BCUT2D eigenvalue weighted by molar-refractivity contribution is -0.137. The fourth-order valence-electron chi connectivity index (χ4n) is 3.71. The molecule has 5 nitrogen and oxygen atoms in total. The van der Waals surface area contributed by atoms with Gasteiger partial charge >= 0.3 is 0 Å². The van der Waals surface area contributed by atoms with Crippen LogP contribution >= 0.6 is 23.2 Å². The van der Waals surface area contributed by atoms with E-state index in [1.807, 2.05) is 0 Å². The highest BCUT2D eigenvalue weighted by Crippen LogP contribution is 2.33. The van der Waals surface area contributed by atoms with Crippen molar-refractivity contribution in [3.8, 4) is 5.75 Å². The lowest BCUT2D eigenvalue weighted by atomic mass is 10.1. The summed E-state index contributed by atoms with van der Waals surface area (Å²) in [5.74, 6) is 0.266. The Hall–Kier alpha value is -0.980. The number of sulfone groups is 1. The number of benzene rings is 1. The van der Waals surface area contributed by atoms with Crippen LogP contribution in [0.3, 0.4) is 0 Å². The van der Waals surface area contributed by atoms with Gasteiger partial charge in [-0.1, -0.05) is 42.1 Å². The van der Waals surface area contributed by atoms with Crippen LogP contribution < -0.4 is 4.74 Å². The Kier molecular flexibility index (Phi) is 5.81. The lowest BCUT2D eigenvalue weighted by Crippen LogP contribution is -2.48. The SMILES string of the molecule is O=C(COc1c(Cl)cccc1Cl)N(C1CCCC1)C1CCS(=O)(=O)C1. The molecule has 1 aliphatic carbocycles. The Morgan fingerprint density at radius 2 is 1.76 bits per heavy atom. The van der Waals surface area contributed by atoms with E-state index >= 15 is 0 Å². The van der Waals surface area contributed by atoms with E-state index in [2.05, 4.69) is 0 Å². The Balaban J connectivity index is 1.73. The molecule has 1 aliphatic heterocycles. The van der Waals surface area contributed by atoms with Gasteiger partial charge in [0, 0.05) is 12.1 Å². The molecule has 2 aliphatic rings. The summed E-state index contributed by atoms with van der Waals surface area (Å²) in [6.45, 7) is -0.198. The molecule has 8 heteroatoms. The molecule has 1 aromatic carbocycles. The van der Waals surface area contributed by atoms with Gasteiger partial charge in [-0.3, -0.25) is 4.79 Å². The van der Waals surface area contributed by atoms with E-state index in [1.165, 1.54) is 0 Å². The first-order valence-electron chi connectivity index (χ1n) is 8.46. The molecule has 0 N–H and O–H groups in total. The second-order valence-corrected chi connectivity index (χ2v) is 9.68. The fourth-order valence-corrected chi connectivity index (χ4v) is 5.93. The average Bonchev–Trinajstić information content (AvgIpc) is 3.17. The number of carbonyl (C=O) groups is 1. The van der Waals surface area contributed by atoms with E-state index in [4.69, 9.17) is 27.9 Å². The van der Waals surface area contributed by atoms with Gasteiger partial charge in [0.2, 0.25) is 0 Å². The maximum atomic E-state index is 12.8. The largest absolute Gasteiger partial charge is 0.481 e. The number of carbonyl (C=O) groups excluding carboxylic acids is 1. The average molecular weight is 406 g/mol. The van der Waals surface area contributed by atoms with Crippen molar-refractivity contribution >= 4 is 38.9 Å².